The highest BCUT2D eigenvalue weighted by molar-refractivity contribution is 7.15. The summed E-state index contributed by atoms with van der Waals surface area (Å²) in [6.45, 7) is 7.12. The van der Waals surface area contributed by atoms with E-state index in [1.807, 2.05) is 13.8 Å². The van der Waals surface area contributed by atoms with E-state index >= 15 is 0 Å². The Hall–Kier alpha value is -1.63. The SMILES string of the molecule is CCc1nc(NC(=O)NCC(C)(C)C(=O)O)sc1C. The number of hydrogen-bond acceptors (Lipinski definition) is 4. The summed E-state index contributed by atoms with van der Waals surface area (Å²) in [6.07, 6.45) is 0.817. The lowest BCUT2D eigenvalue weighted by Crippen LogP contribution is -2.40. The van der Waals surface area contributed by atoms with E-state index in [-0.39, 0.29) is 6.54 Å². The summed E-state index contributed by atoms with van der Waals surface area (Å²) in [5.41, 5.74) is -0.0313. The zero-order valence-electron chi connectivity index (χ0n) is 11.5. The second kappa shape index (κ2) is 6.01. The van der Waals surface area contributed by atoms with Crippen LogP contribution in [0.15, 0.2) is 0 Å². The van der Waals surface area contributed by atoms with Crippen molar-refractivity contribution in [2.75, 3.05) is 11.9 Å². The standard InChI is InChI=1S/C12H19N3O3S/c1-5-8-7(2)19-11(14-8)15-10(18)13-6-12(3,4)9(16)17/h5-6H2,1-4H3,(H,16,17)(H2,13,14,15,18). The highest BCUT2D eigenvalue weighted by Crippen LogP contribution is 2.22. The van der Waals surface area contributed by atoms with Gasteiger partial charge in [0.1, 0.15) is 0 Å². The van der Waals surface area contributed by atoms with Gasteiger partial charge < -0.3 is 10.4 Å². The van der Waals surface area contributed by atoms with Crippen LogP contribution in [0.2, 0.25) is 0 Å². The summed E-state index contributed by atoms with van der Waals surface area (Å²) in [5.74, 6) is -0.953. The summed E-state index contributed by atoms with van der Waals surface area (Å²) < 4.78 is 0. The predicted molar refractivity (Wildman–Crippen MR) is 74.7 cm³/mol. The van der Waals surface area contributed by atoms with Gasteiger partial charge in [-0.3, -0.25) is 10.1 Å². The van der Waals surface area contributed by atoms with Gasteiger partial charge in [0.2, 0.25) is 0 Å². The van der Waals surface area contributed by atoms with Crippen LogP contribution < -0.4 is 10.6 Å². The molecule has 0 aliphatic carbocycles. The molecule has 0 saturated carbocycles. The van der Waals surface area contributed by atoms with Gasteiger partial charge in [0.25, 0.3) is 0 Å². The molecular formula is C12H19N3O3S. The van der Waals surface area contributed by atoms with E-state index in [1.165, 1.54) is 11.3 Å². The van der Waals surface area contributed by atoms with Gasteiger partial charge in [-0.15, -0.1) is 11.3 Å². The number of carboxylic acids is 1. The highest BCUT2D eigenvalue weighted by Gasteiger charge is 2.27. The predicted octanol–water partition coefficient (Wildman–Crippen LogP) is 2.25. The first-order chi connectivity index (χ1) is 8.76. The molecule has 1 heterocycles. The molecule has 3 N–H and O–H groups in total. The first-order valence-electron chi connectivity index (χ1n) is 6.01. The Kier molecular flexibility index (Phi) is 4.88. The van der Waals surface area contributed by atoms with Gasteiger partial charge in [-0.05, 0) is 27.2 Å². The van der Waals surface area contributed by atoms with Crippen LogP contribution in [0.3, 0.4) is 0 Å². The smallest absolute Gasteiger partial charge is 0.321 e. The van der Waals surface area contributed by atoms with E-state index in [0.717, 1.165) is 17.0 Å². The molecule has 0 unspecified atom stereocenters. The van der Waals surface area contributed by atoms with Crippen LogP contribution in [0, 0.1) is 12.3 Å². The third kappa shape index (κ3) is 4.20. The fourth-order valence-electron chi connectivity index (χ4n) is 1.33. The fourth-order valence-corrected chi connectivity index (χ4v) is 2.23. The molecule has 19 heavy (non-hydrogen) atoms. The number of nitrogens with one attached hydrogen (secondary N) is 2. The molecule has 0 saturated heterocycles. The van der Waals surface area contributed by atoms with Crippen molar-refractivity contribution in [1.29, 1.82) is 0 Å². The van der Waals surface area contributed by atoms with Gasteiger partial charge in [-0.2, -0.15) is 0 Å². The Bertz CT molecular complexity index is 483. The molecule has 0 fully saturated rings. The second-order valence-corrected chi connectivity index (χ2v) is 6.08. The number of amides is 2. The van der Waals surface area contributed by atoms with Crippen molar-refractivity contribution in [3.8, 4) is 0 Å². The lowest BCUT2D eigenvalue weighted by Gasteiger charge is -2.19. The van der Waals surface area contributed by atoms with Crippen molar-refractivity contribution < 1.29 is 14.7 Å². The van der Waals surface area contributed by atoms with Gasteiger partial charge >= 0.3 is 12.0 Å². The Morgan fingerprint density at radius 3 is 2.53 bits per heavy atom. The second-order valence-electron chi connectivity index (χ2n) is 4.87. The molecule has 0 atom stereocenters. The summed E-state index contributed by atoms with van der Waals surface area (Å²) in [4.78, 5) is 27.9. The van der Waals surface area contributed by atoms with Crippen LogP contribution >= 0.6 is 11.3 Å². The third-order valence-electron chi connectivity index (χ3n) is 2.72. The van der Waals surface area contributed by atoms with Crippen molar-refractivity contribution >= 4 is 28.5 Å². The van der Waals surface area contributed by atoms with E-state index in [4.69, 9.17) is 5.11 Å². The van der Waals surface area contributed by atoms with Crippen LogP contribution in [0.1, 0.15) is 31.3 Å². The van der Waals surface area contributed by atoms with Crippen molar-refractivity contribution in [2.45, 2.75) is 34.1 Å². The lowest BCUT2D eigenvalue weighted by molar-refractivity contribution is -0.146. The van der Waals surface area contributed by atoms with Crippen LogP contribution in [0.25, 0.3) is 0 Å². The van der Waals surface area contributed by atoms with E-state index < -0.39 is 17.4 Å². The summed E-state index contributed by atoms with van der Waals surface area (Å²) in [5, 5.41) is 14.6. The normalized spacial score (nSPS) is 11.2. The summed E-state index contributed by atoms with van der Waals surface area (Å²) >= 11 is 1.41. The number of urea groups is 1. The molecule has 1 aromatic rings. The minimum atomic E-state index is -0.995. The minimum Gasteiger partial charge on any atom is -0.481 e. The van der Waals surface area contributed by atoms with Crippen LogP contribution in [-0.4, -0.2) is 28.6 Å². The number of nitrogens with zero attached hydrogens (tertiary/aromatic N) is 1. The van der Waals surface area contributed by atoms with Crippen molar-refractivity contribution in [2.24, 2.45) is 5.41 Å². The number of carbonyl (C=O) groups is 2. The number of rotatable bonds is 5. The molecular weight excluding hydrogens is 266 g/mol. The van der Waals surface area contributed by atoms with Gasteiger partial charge in [-0.1, -0.05) is 6.92 Å². The minimum absolute atomic E-state index is 0.0547. The van der Waals surface area contributed by atoms with E-state index in [9.17, 15) is 9.59 Å². The number of aromatic nitrogens is 1. The van der Waals surface area contributed by atoms with Gasteiger partial charge in [0, 0.05) is 11.4 Å². The zero-order chi connectivity index (χ0) is 14.6. The Morgan fingerprint density at radius 2 is 2.05 bits per heavy atom. The zero-order valence-corrected chi connectivity index (χ0v) is 12.3. The van der Waals surface area contributed by atoms with Crippen molar-refractivity contribution in [3.05, 3.63) is 10.6 Å². The molecule has 0 bridgehead atoms. The molecule has 0 aliphatic rings. The van der Waals surface area contributed by atoms with E-state index in [2.05, 4.69) is 15.6 Å². The number of thiazole rings is 1. The molecule has 0 spiro atoms. The molecule has 106 valence electrons. The largest absolute Gasteiger partial charge is 0.481 e. The maximum atomic E-state index is 11.6. The number of aryl methyl sites for hydroxylation is 2. The first-order valence-corrected chi connectivity index (χ1v) is 6.82. The molecule has 0 radical (unpaired) electrons. The maximum Gasteiger partial charge on any atom is 0.321 e. The molecule has 0 aromatic carbocycles. The number of carbonyl (C=O) groups excluding carboxylic acids is 1. The third-order valence-corrected chi connectivity index (χ3v) is 3.65. The first kappa shape index (κ1) is 15.4. The molecule has 6 nitrogen and oxygen atoms in total. The number of aliphatic carboxylic acids is 1. The number of hydrogen-bond donors (Lipinski definition) is 3. The van der Waals surface area contributed by atoms with Crippen molar-refractivity contribution in [1.82, 2.24) is 10.3 Å². The topological polar surface area (TPSA) is 91.3 Å². The maximum absolute atomic E-state index is 11.6. The van der Waals surface area contributed by atoms with Gasteiger partial charge in [0.15, 0.2) is 5.13 Å². The number of anilines is 1. The van der Waals surface area contributed by atoms with Crippen molar-refractivity contribution in [3.63, 3.8) is 0 Å². The molecule has 1 rings (SSSR count). The Labute approximate surface area is 116 Å². The van der Waals surface area contributed by atoms with Gasteiger partial charge in [-0.25, -0.2) is 9.78 Å². The monoisotopic (exact) mass is 285 g/mol. The quantitative estimate of drug-likeness (QED) is 0.773. The average molecular weight is 285 g/mol. The van der Waals surface area contributed by atoms with Gasteiger partial charge in [0.05, 0.1) is 11.1 Å². The van der Waals surface area contributed by atoms with Crippen LogP contribution in [0.5, 0.6) is 0 Å². The molecule has 0 aliphatic heterocycles. The average Bonchev–Trinajstić information content (AvgIpc) is 2.66. The lowest BCUT2D eigenvalue weighted by atomic mass is 9.94. The molecule has 1 aromatic heterocycles. The summed E-state index contributed by atoms with van der Waals surface area (Å²) in [6, 6.07) is -0.439. The van der Waals surface area contributed by atoms with E-state index in [0.29, 0.717) is 5.13 Å². The van der Waals surface area contributed by atoms with Crippen LogP contribution in [-0.2, 0) is 11.2 Å². The number of carboxylic acid groups (broad SMARTS) is 1. The summed E-state index contributed by atoms with van der Waals surface area (Å²) in [7, 11) is 0. The van der Waals surface area contributed by atoms with E-state index in [1.54, 1.807) is 13.8 Å². The fraction of sp³-hybridized carbons (Fsp3) is 0.583. The molecule has 7 heteroatoms. The van der Waals surface area contributed by atoms with Crippen LogP contribution in [0.4, 0.5) is 9.93 Å². The Balaban J connectivity index is 2.54. The molecule has 2 amide bonds. The Morgan fingerprint density at radius 1 is 1.42 bits per heavy atom. The highest BCUT2D eigenvalue weighted by atomic mass is 32.1.